The molecule has 1 aliphatic rings. The zero-order valence-electron chi connectivity index (χ0n) is 10.8. The summed E-state index contributed by atoms with van der Waals surface area (Å²) >= 11 is 0. The summed E-state index contributed by atoms with van der Waals surface area (Å²) in [6.07, 6.45) is 5.42. The molecule has 3 N–H and O–H groups in total. The van der Waals surface area contributed by atoms with Crippen molar-refractivity contribution in [2.24, 2.45) is 5.92 Å². The van der Waals surface area contributed by atoms with Crippen molar-refractivity contribution in [3.05, 3.63) is 23.5 Å². The van der Waals surface area contributed by atoms with Crippen LogP contribution in [0.25, 0.3) is 0 Å². The molecule has 1 aliphatic heterocycles. The van der Waals surface area contributed by atoms with Crippen molar-refractivity contribution in [3.63, 3.8) is 0 Å². The molecule has 0 spiro atoms. The molecule has 1 aromatic heterocycles. The third kappa shape index (κ3) is 4.03. The molecule has 5 heteroatoms. The number of aryl methyl sites for hydroxylation is 1. The number of nitrogens with one attached hydrogen (secondary N) is 3. The molecule has 0 aliphatic carbocycles. The Balaban J connectivity index is 0.00000162. The fraction of sp³-hybridized carbons (Fsp3) is 0.615. The van der Waals surface area contributed by atoms with E-state index in [9.17, 15) is 4.79 Å². The van der Waals surface area contributed by atoms with E-state index >= 15 is 0 Å². The van der Waals surface area contributed by atoms with Crippen molar-refractivity contribution in [1.82, 2.24) is 15.6 Å². The van der Waals surface area contributed by atoms with Crippen LogP contribution in [0.3, 0.4) is 0 Å². The number of piperidine rings is 1. The molecule has 0 radical (unpaired) electrons. The third-order valence-corrected chi connectivity index (χ3v) is 3.44. The van der Waals surface area contributed by atoms with E-state index in [1.165, 1.54) is 12.8 Å². The predicted octanol–water partition coefficient (Wildman–Crippen LogP) is 1.86. The lowest BCUT2D eigenvalue weighted by Crippen LogP contribution is -2.33. The van der Waals surface area contributed by atoms with Crippen LogP contribution in [0.5, 0.6) is 0 Å². The summed E-state index contributed by atoms with van der Waals surface area (Å²) in [5.41, 5.74) is 1.69. The first-order chi connectivity index (χ1) is 8.27. The summed E-state index contributed by atoms with van der Waals surface area (Å²) in [4.78, 5) is 14.8. The minimum Gasteiger partial charge on any atom is -0.365 e. The highest BCUT2D eigenvalue weighted by Crippen LogP contribution is 2.13. The zero-order chi connectivity index (χ0) is 12.1. The Bertz CT molecular complexity index is 372. The van der Waals surface area contributed by atoms with E-state index in [1.807, 2.05) is 13.0 Å². The van der Waals surface area contributed by atoms with Crippen molar-refractivity contribution < 1.29 is 4.79 Å². The summed E-state index contributed by atoms with van der Waals surface area (Å²) in [6.45, 7) is 4.93. The minimum atomic E-state index is 0. The first-order valence-corrected chi connectivity index (χ1v) is 6.40. The summed E-state index contributed by atoms with van der Waals surface area (Å²) in [6, 6.07) is 1.83. The normalized spacial score (nSPS) is 19.1. The summed E-state index contributed by atoms with van der Waals surface area (Å²) in [7, 11) is 0. The van der Waals surface area contributed by atoms with Gasteiger partial charge < -0.3 is 15.6 Å². The standard InChI is InChI=1S/C13H21N3O.ClH/c1-10-12(5-8-15-10)13(17)16-7-4-11-3-2-6-14-9-11;/h5,8,11,14-15H,2-4,6-7,9H2,1H3,(H,16,17);1H. The molecule has 0 aromatic carbocycles. The third-order valence-electron chi connectivity index (χ3n) is 3.44. The molecule has 1 amide bonds. The Labute approximate surface area is 114 Å². The van der Waals surface area contributed by atoms with E-state index in [1.54, 1.807) is 6.20 Å². The Morgan fingerprint density at radius 2 is 2.39 bits per heavy atom. The fourth-order valence-electron chi connectivity index (χ4n) is 2.35. The minimum absolute atomic E-state index is 0. The molecular weight excluding hydrogens is 250 g/mol. The highest BCUT2D eigenvalue weighted by molar-refractivity contribution is 5.95. The maximum absolute atomic E-state index is 11.8. The molecule has 0 bridgehead atoms. The summed E-state index contributed by atoms with van der Waals surface area (Å²) in [5, 5.41) is 6.38. The van der Waals surface area contributed by atoms with Crippen LogP contribution >= 0.6 is 12.4 Å². The Morgan fingerprint density at radius 1 is 1.56 bits per heavy atom. The van der Waals surface area contributed by atoms with Gasteiger partial charge in [0.25, 0.3) is 5.91 Å². The lowest BCUT2D eigenvalue weighted by molar-refractivity contribution is 0.0950. The van der Waals surface area contributed by atoms with E-state index in [-0.39, 0.29) is 18.3 Å². The van der Waals surface area contributed by atoms with Gasteiger partial charge in [-0.15, -0.1) is 12.4 Å². The average molecular weight is 272 g/mol. The zero-order valence-corrected chi connectivity index (χ0v) is 11.6. The topological polar surface area (TPSA) is 56.9 Å². The number of carbonyl (C=O) groups is 1. The number of hydrogen-bond donors (Lipinski definition) is 3. The summed E-state index contributed by atoms with van der Waals surface area (Å²) in [5.74, 6) is 0.754. The number of H-pyrrole nitrogens is 1. The molecule has 2 rings (SSSR count). The van der Waals surface area contributed by atoms with Gasteiger partial charge in [0.05, 0.1) is 5.56 Å². The molecular formula is C13H22ClN3O. The highest BCUT2D eigenvalue weighted by atomic mass is 35.5. The number of aromatic amines is 1. The smallest absolute Gasteiger partial charge is 0.253 e. The molecule has 1 unspecified atom stereocenters. The lowest BCUT2D eigenvalue weighted by Gasteiger charge is -2.22. The molecule has 0 saturated carbocycles. The van der Waals surface area contributed by atoms with Gasteiger partial charge in [0.2, 0.25) is 0 Å². The molecule has 1 aromatic rings. The van der Waals surface area contributed by atoms with Crippen molar-refractivity contribution in [3.8, 4) is 0 Å². The Kier molecular flexibility index (Phi) is 6.22. The van der Waals surface area contributed by atoms with Gasteiger partial charge in [0.1, 0.15) is 0 Å². The van der Waals surface area contributed by atoms with E-state index in [0.29, 0.717) is 0 Å². The number of carbonyl (C=O) groups excluding carboxylic acids is 1. The number of halogens is 1. The Hall–Kier alpha value is -1.00. The Morgan fingerprint density at radius 3 is 3.00 bits per heavy atom. The SMILES string of the molecule is Cc1[nH]ccc1C(=O)NCCC1CCCNC1.Cl. The second kappa shape index (κ2) is 7.44. The van der Waals surface area contributed by atoms with Gasteiger partial charge in [-0.25, -0.2) is 0 Å². The van der Waals surface area contributed by atoms with Crippen molar-refractivity contribution in [2.75, 3.05) is 19.6 Å². The molecule has 1 saturated heterocycles. The molecule has 18 heavy (non-hydrogen) atoms. The van der Waals surface area contributed by atoms with Gasteiger partial charge in [-0.1, -0.05) is 0 Å². The quantitative estimate of drug-likeness (QED) is 0.783. The van der Waals surface area contributed by atoms with Crippen LogP contribution in [-0.4, -0.2) is 30.5 Å². The fourth-order valence-corrected chi connectivity index (χ4v) is 2.35. The van der Waals surface area contributed by atoms with Crippen LogP contribution in [0.2, 0.25) is 0 Å². The maximum Gasteiger partial charge on any atom is 0.253 e. The van der Waals surface area contributed by atoms with E-state index in [0.717, 1.165) is 43.2 Å². The van der Waals surface area contributed by atoms with Gasteiger partial charge in [-0.3, -0.25) is 4.79 Å². The van der Waals surface area contributed by atoms with Gasteiger partial charge in [0.15, 0.2) is 0 Å². The van der Waals surface area contributed by atoms with E-state index < -0.39 is 0 Å². The first-order valence-electron chi connectivity index (χ1n) is 6.40. The molecule has 1 atom stereocenters. The van der Waals surface area contributed by atoms with Crippen LogP contribution in [-0.2, 0) is 0 Å². The largest absolute Gasteiger partial charge is 0.365 e. The van der Waals surface area contributed by atoms with Gasteiger partial charge >= 0.3 is 0 Å². The van der Waals surface area contributed by atoms with Crippen molar-refractivity contribution in [1.29, 1.82) is 0 Å². The number of aromatic nitrogens is 1. The number of amides is 1. The van der Waals surface area contributed by atoms with Crippen LogP contribution in [0.4, 0.5) is 0 Å². The van der Waals surface area contributed by atoms with Gasteiger partial charge in [-0.05, 0) is 51.3 Å². The monoisotopic (exact) mass is 271 g/mol. The maximum atomic E-state index is 11.8. The van der Waals surface area contributed by atoms with Crippen LogP contribution < -0.4 is 10.6 Å². The second-order valence-electron chi connectivity index (χ2n) is 4.77. The predicted molar refractivity (Wildman–Crippen MR) is 75.3 cm³/mol. The van der Waals surface area contributed by atoms with Crippen molar-refractivity contribution in [2.45, 2.75) is 26.2 Å². The van der Waals surface area contributed by atoms with Crippen molar-refractivity contribution >= 4 is 18.3 Å². The van der Waals surface area contributed by atoms with Gasteiger partial charge in [-0.2, -0.15) is 0 Å². The van der Waals surface area contributed by atoms with Gasteiger partial charge in [0, 0.05) is 18.4 Å². The van der Waals surface area contributed by atoms with E-state index in [4.69, 9.17) is 0 Å². The molecule has 4 nitrogen and oxygen atoms in total. The molecule has 2 heterocycles. The van der Waals surface area contributed by atoms with Crippen LogP contribution in [0.15, 0.2) is 12.3 Å². The molecule has 102 valence electrons. The first kappa shape index (κ1) is 15.1. The number of hydrogen-bond acceptors (Lipinski definition) is 2. The second-order valence-corrected chi connectivity index (χ2v) is 4.77. The van der Waals surface area contributed by atoms with Crippen LogP contribution in [0, 0.1) is 12.8 Å². The molecule has 1 fully saturated rings. The number of rotatable bonds is 4. The highest BCUT2D eigenvalue weighted by Gasteiger charge is 2.14. The van der Waals surface area contributed by atoms with E-state index in [2.05, 4.69) is 15.6 Å². The average Bonchev–Trinajstić information content (AvgIpc) is 2.77. The van der Waals surface area contributed by atoms with Crippen LogP contribution in [0.1, 0.15) is 35.3 Å². The summed E-state index contributed by atoms with van der Waals surface area (Å²) < 4.78 is 0. The lowest BCUT2D eigenvalue weighted by atomic mass is 9.96.